The van der Waals surface area contributed by atoms with Crippen LogP contribution in [0.4, 0.5) is 5.69 Å². The average molecular weight is 318 g/mol. The van der Waals surface area contributed by atoms with Gasteiger partial charge in [-0.05, 0) is 26.7 Å². The predicted octanol–water partition coefficient (Wildman–Crippen LogP) is 1.27. The van der Waals surface area contributed by atoms with E-state index in [0.717, 1.165) is 6.42 Å². The molecule has 0 saturated carbocycles. The summed E-state index contributed by atoms with van der Waals surface area (Å²) in [6.45, 7) is 3.87. The molecule has 1 fully saturated rings. The van der Waals surface area contributed by atoms with E-state index in [1.165, 1.54) is 6.07 Å². The number of hydrogen-bond acceptors (Lipinski definition) is 5. The lowest BCUT2D eigenvalue weighted by Gasteiger charge is -2.19. The lowest BCUT2D eigenvalue weighted by molar-refractivity contribution is -0.385. The third-order valence-electron chi connectivity index (χ3n) is 3.76. The molecule has 0 radical (unpaired) electrons. The van der Waals surface area contributed by atoms with Gasteiger partial charge in [0.15, 0.2) is 0 Å². The number of hydrazone groups is 1. The van der Waals surface area contributed by atoms with Crippen molar-refractivity contribution in [2.45, 2.75) is 26.7 Å². The van der Waals surface area contributed by atoms with Gasteiger partial charge in [-0.2, -0.15) is 5.10 Å². The number of aryl methyl sites for hydroxylation is 1. The molecular formula is C15H18N4O4. The third-order valence-corrected chi connectivity index (χ3v) is 3.76. The maximum Gasteiger partial charge on any atom is 0.272 e. The molecule has 8 nitrogen and oxygen atoms in total. The molecule has 1 aliphatic rings. The molecule has 0 aromatic heterocycles. The Morgan fingerprint density at radius 2 is 2.22 bits per heavy atom. The highest BCUT2D eigenvalue weighted by atomic mass is 16.6. The molecule has 0 unspecified atom stereocenters. The Morgan fingerprint density at radius 3 is 2.87 bits per heavy atom. The number of carbonyl (C=O) groups excluding carboxylic acids is 2. The molecule has 0 bridgehead atoms. The first-order chi connectivity index (χ1) is 10.9. The number of carbonyl (C=O) groups is 2. The van der Waals surface area contributed by atoms with Gasteiger partial charge in [-0.15, -0.1) is 0 Å². The maximum absolute atomic E-state index is 12.0. The van der Waals surface area contributed by atoms with Gasteiger partial charge in [-0.3, -0.25) is 19.7 Å². The van der Waals surface area contributed by atoms with E-state index in [2.05, 4.69) is 15.8 Å². The third kappa shape index (κ3) is 3.91. The van der Waals surface area contributed by atoms with Crippen molar-refractivity contribution in [2.75, 3.05) is 6.54 Å². The fourth-order valence-corrected chi connectivity index (χ4v) is 2.33. The summed E-state index contributed by atoms with van der Waals surface area (Å²) in [6.07, 6.45) is 1.24. The van der Waals surface area contributed by atoms with Crippen LogP contribution < -0.4 is 10.7 Å². The molecule has 0 aliphatic carbocycles. The molecule has 23 heavy (non-hydrogen) atoms. The fraction of sp³-hybridized carbons (Fsp3) is 0.400. The Hall–Kier alpha value is -2.77. The van der Waals surface area contributed by atoms with Gasteiger partial charge in [0.1, 0.15) is 5.92 Å². The standard InChI is InChI=1S/C15H18N4O4/c1-9-5-6-11(8-13(9)19(22)23)10(2)17-18-15(21)12-4-3-7-16-14(12)20/h5-6,8,12H,3-4,7H2,1-2H3,(H,16,20)(H,18,21)/b17-10-/t12-/m1/s1. The minimum absolute atomic E-state index is 0.00460. The molecule has 1 aliphatic heterocycles. The van der Waals surface area contributed by atoms with Crippen molar-refractivity contribution in [3.63, 3.8) is 0 Å². The van der Waals surface area contributed by atoms with Crippen molar-refractivity contribution in [2.24, 2.45) is 11.0 Å². The summed E-state index contributed by atoms with van der Waals surface area (Å²) in [4.78, 5) is 34.1. The predicted molar refractivity (Wildman–Crippen MR) is 83.9 cm³/mol. The SMILES string of the molecule is C/C(=N/NC(=O)[C@@H]1CCCNC1=O)c1ccc(C)c([N+](=O)[O-])c1. The quantitative estimate of drug-likeness (QED) is 0.376. The van der Waals surface area contributed by atoms with Gasteiger partial charge in [0.25, 0.3) is 11.6 Å². The van der Waals surface area contributed by atoms with E-state index in [1.54, 1.807) is 26.0 Å². The molecule has 1 aromatic carbocycles. The zero-order valence-corrected chi connectivity index (χ0v) is 13.0. The molecular weight excluding hydrogens is 300 g/mol. The number of benzene rings is 1. The van der Waals surface area contributed by atoms with Crippen LogP contribution in [0, 0.1) is 23.0 Å². The Labute approximate surface area is 133 Å². The molecule has 2 rings (SSSR count). The molecule has 1 aromatic rings. The second kappa shape index (κ2) is 6.99. The topological polar surface area (TPSA) is 114 Å². The first-order valence-corrected chi connectivity index (χ1v) is 7.27. The van der Waals surface area contributed by atoms with Gasteiger partial charge in [0.05, 0.1) is 10.6 Å². The number of rotatable bonds is 4. The molecule has 0 spiro atoms. The van der Waals surface area contributed by atoms with Gasteiger partial charge in [-0.25, -0.2) is 5.43 Å². The highest BCUT2D eigenvalue weighted by molar-refractivity contribution is 6.03. The molecule has 2 amide bonds. The smallest absolute Gasteiger partial charge is 0.272 e. The van der Waals surface area contributed by atoms with Crippen LogP contribution >= 0.6 is 0 Å². The average Bonchev–Trinajstić information content (AvgIpc) is 2.52. The summed E-state index contributed by atoms with van der Waals surface area (Å²) in [5.74, 6) is -1.51. The van der Waals surface area contributed by atoms with Crippen molar-refractivity contribution in [3.8, 4) is 0 Å². The lowest BCUT2D eigenvalue weighted by atomic mass is 9.98. The molecule has 1 heterocycles. The highest BCUT2D eigenvalue weighted by Crippen LogP contribution is 2.19. The van der Waals surface area contributed by atoms with Crippen molar-refractivity contribution in [1.29, 1.82) is 0 Å². The number of amides is 2. The van der Waals surface area contributed by atoms with Gasteiger partial charge in [0, 0.05) is 23.7 Å². The van der Waals surface area contributed by atoms with Crippen molar-refractivity contribution in [1.82, 2.24) is 10.7 Å². The zero-order valence-electron chi connectivity index (χ0n) is 13.0. The number of nitrogens with zero attached hydrogens (tertiary/aromatic N) is 2. The van der Waals surface area contributed by atoms with E-state index < -0.39 is 16.7 Å². The van der Waals surface area contributed by atoms with Crippen LogP contribution in [0.1, 0.15) is 30.9 Å². The van der Waals surface area contributed by atoms with Crippen LogP contribution in [0.25, 0.3) is 0 Å². The van der Waals surface area contributed by atoms with Crippen LogP contribution in [0.15, 0.2) is 23.3 Å². The number of nitrogens with one attached hydrogen (secondary N) is 2. The summed E-state index contributed by atoms with van der Waals surface area (Å²) in [7, 11) is 0. The fourth-order valence-electron chi connectivity index (χ4n) is 2.33. The molecule has 122 valence electrons. The van der Waals surface area contributed by atoms with Crippen LogP contribution in [-0.4, -0.2) is 29.0 Å². The van der Waals surface area contributed by atoms with Gasteiger partial charge < -0.3 is 5.32 Å². The second-order valence-electron chi connectivity index (χ2n) is 5.42. The van der Waals surface area contributed by atoms with Gasteiger partial charge >= 0.3 is 0 Å². The second-order valence-corrected chi connectivity index (χ2v) is 5.42. The summed E-state index contributed by atoms with van der Waals surface area (Å²) in [5, 5.41) is 17.5. The Bertz CT molecular complexity index is 684. The van der Waals surface area contributed by atoms with Gasteiger partial charge in [-0.1, -0.05) is 12.1 Å². The van der Waals surface area contributed by atoms with Crippen LogP contribution in [0.2, 0.25) is 0 Å². The maximum atomic E-state index is 12.0. The molecule has 1 atom stereocenters. The first kappa shape index (κ1) is 16.6. The van der Waals surface area contributed by atoms with Crippen LogP contribution in [0.3, 0.4) is 0 Å². The number of piperidine rings is 1. The van der Waals surface area contributed by atoms with Crippen LogP contribution in [0.5, 0.6) is 0 Å². The van der Waals surface area contributed by atoms with E-state index in [-0.39, 0.29) is 11.6 Å². The summed E-state index contributed by atoms with van der Waals surface area (Å²) in [5.41, 5.74) is 3.87. The minimum atomic E-state index is -0.743. The Morgan fingerprint density at radius 1 is 1.48 bits per heavy atom. The van der Waals surface area contributed by atoms with Crippen LogP contribution in [-0.2, 0) is 9.59 Å². The van der Waals surface area contributed by atoms with E-state index in [1.807, 2.05) is 0 Å². The van der Waals surface area contributed by atoms with E-state index in [0.29, 0.717) is 29.8 Å². The number of hydrogen-bond donors (Lipinski definition) is 2. The van der Waals surface area contributed by atoms with Crippen molar-refractivity contribution in [3.05, 3.63) is 39.4 Å². The summed E-state index contributed by atoms with van der Waals surface area (Å²) in [6, 6.07) is 4.73. The van der Waals surface area contributed by atoms with Crippen molar-refractivity contribution < 1.29 is 14.5 Å². The van der Waals surface area contributed by atoms with Gasteiger partial charge in [0.2, 0.25) is 5.91 Å². The van der Waals surface area contributed by atoms with E-state index in [4.69, 9.17) is 0 Å². The highest BCUT2D eigenvalue weighted by Gasteiger charge is 2.28. The minimum Gasteiger partial charge on any atom is -0.355 e. The van der Waals surface area contributed by atoms with E-state index in [9.17, 15) is 19.7 Å². The lowest BCUT2D eigenvalue weighted by Crippen LogP contribution is -2.44. The summed E-state index contributed by atoms with van der Waals surface area (Å²) < 4.78 is 0. The monoisotopic (exact) mass is 318 g/mol. The first-order valence-electron chi connectivity index (χ1n) is 7.27. The molecule has 2 N–H and O–H groups in total. The van der Waals surface area contributed by atoms with E-state index >= 15 is 0 Å². The molecule has 8 heteroatoms. The molecule has 1 saturated heterocycles. The normalized spacial score (nSPS) is 18.3. The Kier molecular flexibility index (Phi) is 5.05. The largest absolute Gasteiger partial charge is 0.355 e. The van der Waals surface area contributed by atoms with Crippen molar-refractivity contribution >= 4 is 23.2 Å². The number of nitro benzene ring substituents is 1. The Balaban J connectivity index is 2.10. The zero-order chi connectivity index (χ0) is 17.0. The summed E-state index contributed by atoms with van der Waals surface area (Å²) >= 11 is 0. The number of nitro groups is 1.